The zero-order chi connectivity index (χ0) is 22.9. The van der Waals surface area contributed by atoms with E-state index in [1.165, 1.54) is 6.92 Å². The van der Waals surface area contributed by atoms with E-state index in [0.717, 1.165) is 0 Å². The van der Waals surface area contributed by atoms with E-state index >= 15 is 0 Å². The molecule has 0 saturated heterocycles. The molecule has 0 aromatic rings. The van der Waals surface area contributed by atoms with Gasteiger partial charge in [-0.25, -0.2) is 4.79 Å². The number of carboxylic acids is 1. The average Bonchev–Trinajstić information content (AvgIpc) is 2.61. The number of aliphatic hydroxyl groups excluding tert-OH is 1. The van der Waals surface area contributed by atoms with Gasteiger partial charge in [0.15, 0.2) is 6.04 Å². The second kappa shape index (κ2) is 12.7. The maximum absolute atomic E-state index is 12.6. The number of carboxylic acid groups (broad SMARTS) is 1. The van der Waals surface area contributed by atoms with Gasteiger partial charge in [-0.15, -0.1) is 0 Å². The fraction of sp³-hybridized carbons (Fsp3) is 0.778. The molecule has 3 amide bonds. The van der Waals surface area contributed by atoms with Crippen LogP contribution in [0, 0.1) is 11.8 Å². The summed E-state index contributed by atoms with van der Waals surface area (Å²) >= 11 is 4.08. The van der Waals surface area contributed by atoms with Gasteiger partial charge in [0.1, 0.15) is 12.1 Å². The Balaban J connectivity index is 5.28. The highest BCUT2D eigenvalue weighted by Gasteiger charge is 2.32. The Hall–Kier alpha value is -1.85. The molecule has 7 N–H and O–H groups in total. The molecule has 0 aliphatic carbocycles. The smallest absolute Gasteiger partial charge is 0.328 e. The van der Waals surface area contributed by atoms with Gasteiger partial charge in [-0.3, -0.25) is 14.4 Å². The van der Waals surface area contributed by atoms with Gasteiger partial charge < -0.3 is 31.9 Å². The van der Waals surface area contributed by atoms with Crippen molar-refractivity contribution in [3.8, 4) is 0 Å². The first-order chi connectivity index (χ1) is 13.3. The van der Waals surface area contributed by atoms with Crippen LogP contribution in [-0.4, -0.2) is 69.9 Å². The summed E-state index contributed by atoms with van der Waals surface area (Å²) in [6.45, 7) is 8.43. The Morgan fingerprint density at radius 2 is 1.38 bits per heavy atom. The molecule has 0 saturated carbocycles. The Labute approximate surface area is 176 Å². The summed E-state index contributed by atoms with van der Waals surface area (Å²) in [5.41, 5.74) is 5.78. The Morgan fingerprint density at radius 3 is 1.76 bits per heavy atom. The van der Waals surface area contributed by atoms with Crippen molar-refractivity contribution in [3.63, 3.8) is 0 Å². The molecule has 29 heavy (non-hydrogen) atoms. The minimum Gasteiger partial charge on any atom is -0.480 e. The van der Waals surface area contributed by atoms with Crippen LogP contribution in [0.15, 0.2) is 0 Å². The maximum atomic E-state index is 12.6. The van der Waals surface area contributed by atoms with E-state index in [4.69, 9.17) is 10.8 Å². The average molecular weight is 435 g/mol. The van der Waals surface area contributed by atoms with Crippen molar-refractivity contribution in [2.45, 2.75) is 71.3 Å². The number of hydrogen-bond donors (Lipinski definition) is 7. The molecule has 0 fully saturated rings. The van der Waals surface area contributed by atoms with Crippen LogP contribution in [0.3, 0.4) is 0 Å². The van der Waals surface area contributed by atoms with E-state index in [1.807, 2.05) is 13.8 Å². The number of carbonyl (C=O) groups excluding carboxylic acids is 3. The summed E-state index contributed by atoms with van der Waals surface area (Å²) in [4.78, 5) is 48.5. The summed E-state index contributed by atoms with van der Waals surface area (Å²) in [5.74, 6) is -3.46. The molecule has 0 aromatic heterocycles. The van der Waals surface area contributed by atoms with Crippen molar-refractivity contribution < 1.29 is 29.4 Å². The highest BCUT2D eigenvalue weighted by atomic mass is 32.1. The lowest BCUT2D eigenvalue weighted by Crippen LogP contribution is -2.59. The number of rotatable bonds is 12. The third-order valence-corrected chi connectivity index (χ3v) is 4.59. The lowest BCUT2D eigenvalue weighted by molar-refractivity contribution is -0.145. The van der Waals surface area contributed by atoms with Gasteiger partial charge in [-0.05, 0) is 25.2 Å². The molecule has 0 spiro atoms. The Morgan fingerprint density at radius 1 is 0.897 bits per heavy atom. The number of nitrogens with one attached hydrogen (secondary N) is 3. The van der Waals surface area contributed by atoms with Crippen LogP contribution in [0.4, 0.5) is 0 Å². The second-order valence-electron chi connectivity index (χ2n) is 7.77. The van der Waals surface area contributed by atoms with Crippen LogP contribution in [0.25, 0.3) is 0 Å². The first-order valence-corrected chi connectivity index (χ1v) is 10.1. The summed E-state index contributed by atoms with van der Waals surface area (Å²) in [6, 6.07) is -4.40. The van der Waals surface area contributed by atoms with Gasteiger partial charge in [-0.2, -0.15) is 12.6 Å². The first kappa shape index (κ1) is 27.1. The number of carbonyl (C=O) groups is 4. The summed E-state index contributed by atoms with van der Waals surface area (Å²) in [5, 5.41) is 25.9. The number of thiol groups is 1. The largest absolute Gasteiger partial charge is 0.480 e. The predicted octanol–water partition coefficient (Wildman–Crippen LogP) is -1.13. The Kier molecular flexibility index (Phi) is 11.8. The van der Waals surface area contributed by atoms with Crippen LogP contribution >= 0.6 is 12.6 Å². The van der Waals surface area contributed by atoms with Crippen molar-refractivity contribution in [1.29, 1.82) is 0 Å². The van der Waals surface area contributed by atoms with E-state index in [-0.39, 0.29) is 24.0 Å². The summed E-state index contributed by atoms with van der Waals surface area (Å²) < 4.78 is 0. The highest BCUT2D eigenvalue weighted by molar-refractivity contribution is 7.80. The topological polar surface area (TPSA) is 171 Å². The van der Waals surface area contributed by atoms with Gasteiger partial charge in [0.25, 0.3) is 0 Å². The molecular formula is C18H34N4O6S. The third-order valence-electron chi connectivity index (χ3n) is 4.22. The van der Waals surface area contributed by atoms with Crippen molar-refractivity contribution in [3.05, 3.63) is 0 Å². The minimum absolute atomic E-state index is 0.000663. The van der Waals surface area contributed by atoms with Crippen molar-refractivity contribution in [2.75, 3.05) is 5.75 Å². The van der Waals surface area contributed by atoms with Crippen molar-refractivity contribution >= 4 is 36.3 Å². The zero-order valence-corrected chi connectivity index (χ0v) is 18.4. The molecule has 0 radical (unpaired) electrons. The number of aliphatic hydroxyl groups is 1. The molecule has 0 aliphatic heterocycles. The zero-order valence-electron chi connectivity index (χ0n) is 17.5. The second-order valence-corrected chi connectivity index (χ2v) is 8.13. The number of nitrogens with two attached hydrogens (primary N) is 1. The number of hydrogen-bond acceptors (Lipinski definition) is 7. The standard InChI is InChI=1S/C18H34N4O6S/c1-8(2)6-11(15(24)22-14(10(5)23)18(27)28)20-16(25)12(7-29)21-17(26)13(19)9(3)4/h8-14,23,29H,6-7,19H2,1-5H3,(H,20,25)(H,21,26)(H,22,24)(H,27,28). The van der Waals surface area contributed by atoms with Crippen LogP contribution in [0.5, 0.6) is 0 Å². The summed E-state index contributed by atoms with van der Waals surface area (Å²) in [6.07, 6.45) is -1.10. The maximum Gasteiger partial charge on any atom is 0.328 e. The van der Waals surface area contributed by atoms with Gasteiger partial charge in [0, 0.05) is 5.75 Å². The SMILES string of the molecule is CC(C)CC(NC(=O)C(CS)NC(=O)C(N)C(C)C)C(=O)NC(C(=O)O)C(C)O. The van der Waals surface area contributed by atoms with Gasteiger partial charge in [-0.1, -0.05) is 27.7 Å². The van der Waals surface area contributed by atoms with E-state index in [2.05, 4.69) is 28.6 Å². The van der Waals surface area contributed by atoms with E-state index in [1.54, 1.807) is 13.8 Å². The lowest BCUT2D eigenvalue weighted by Gasteiger charge is -2.26. The molecule has 0 aliphatic rings. The molecule has 0 heterocycles. The van der Waals surface area contributed by atoms with E-state index in [9.17, 15) is 24.3 Å². The van der Waals surface area contributed by atoms with E-state index in [0.29, 0.717) is 0 Å². The fourth-order valence-corrected chi connectivity index (χ4v) is 2.64. The molecule has 5 atom stereocenters. The summed E-state index contributed by atoms with van der Waals surface area (Å²) in [7, 11) is 0. The monoisotopic (exact) mass is 434 g/mol. The molecule has 0 aromatic carbocycles. The lowest BCUT2D eigenvalue weighted by atomic mass is 10.0. The van der Waals surface area contributed by atoms with Crippen LogP contribution in [-0.2, 0) is 19.2 Å². The fourth-order valence-electron chi connectivity index (χ4n) is 2.38. The molecule has 0 rings (SSSR count). The number of amides is 3. The molecule has 11 heteroatoms. The van der Waals surface area contributed by atoms with Gasteiger partial charge in [0.05, 0.1) is 12.1 Å². The van der Waals surface area contributed by atoms with Crippen LogP contribution in [0.1, 0.15) is 41.0 Å². The van der Waals surface area contributed by atoms with Gasteiger partial charge in [0.2, 0.25) is 17.7 Å². The molecule has 10 nitrogen and oxygen atoms in total. The Bertz CT molecular complexity index is 585. The van der Waals surface area contributed by atoms with Crippen LogP contribution in [0.2, 0.25) is 0 Å². The van der Waals surface area contributed by atoms with E-state index < -0.39 is 54.0 Å². The van der Waals surface area contributed by atoms with Gasteiger partial charge >= 0.3 is 5.97 Å². The number of aliphatic carboxylic acids is 1. The first-order valence-electron chi connectivity index (χ1n) is 9.50. The molecule has 0 bridgehead atoms. The van der Waals surface area contributed by atoms with Crippen LogP contribution < -0.4 is 21.7 Å². The van der Waals surface area contributed by atoms with Crippen molar-refractivity contribution in [2.24, 2.45) is 17.6 Å². The van der Waals surface area contributed by atoms with Crippen molar-refractivity contribution in [1.82, 2.24) is 16.0 Å². The third kappa shape index (κ3) is 9.46. The molecule has 5 unspecified atom stereocenters. The quantitative estimate of drug-likeness (QED) is 0.190. The normalized spacial score (nSPS) is 16.5. The molecule has 168 valence electrons. The molecular weight excluding hydrogens is 400 g/mol. The highest BCUT2D eigenvalue weighted by Crippen LogP contribution is 2.07. The minimum atomic E-state index is -1.52. The predicted molar refractivity (Wildman–Crippen MR) is 111 cm³/mol.